The van der Waals surface area contributed by atoms with Gasteiger partial charge in [0.15, 0.2) is 0 Å². The van der Waals surface area contributed by atoms with Gasteiger partial charge in [-0.05, 0) is 18.8 Å². The van der Waals surface area contributed by atoms with Gasteiger partial charge in [0.1, 0.15) is 0 Å². The van der Waals surface area contributed by atoms with E-state index in [0.717, 1.165) is 32.5 Å². The largest absolute Gasteiger partial charge is 0.348 e. The first-order valence-corrected chi connectivity index (χ1v) is 7.78. The Morgan fingerprint density at radius 1 is 1.14 bits per heavy atom. The first-order chi connectivity index (χ1) is 9.81. The molecule has 0 spiro atoms. The summed E-state index contributed by atoms with van der Waals surface area (Å²) in [5.41, 5.74) is 5.99. The normalized spacial score (nSPS) is 18.5. The van der Waals surface area contributed by atoms with Gasteiger partial charge in [-0.1, -0.05) is 13.8 Å². The van der Waals surface area contributed by atoms with Gasteiger partial charge in [0.05, 0.1) is 12.6 Å². The fourth-order valence-electron chi connectivity index (χ4n) is 2.53. The summed E-state index contributed by atoms with van der Waals surface area (Å²) in [5, 5.41) is 0. The topological polar surface area (TPSA) is 69.9 Å². The van der Waals surface area contributed by atoms with Crippen molar-refractivity contribution in [3.05, 3.63) is 0 Å². The van der Waals surface area contributed by atoms with Crippen molar-refractivity contribution in [2.24, 2.45) is 11.7 Å². The third-order valence-corrected chi connectivity index (χ3v) is 3.80. The molecule has 0 unspecified atom stereocenters. The van der Waals surface area contributed by atoms with Crippen LogP contribution < -0.4 is 5.73 Å². The Hall–Kier alpha value is -1.14. The Bertz CT molecular complexity index is 358. The number of nitrogens with zero attached hydrogens (tertiary/aromatic N) is 3. The van der Waals surface area contributed by atoms with Crippen LogP contribution in [0.2, 0.25) is 0 Å². The molecule has 0 radical (unpaired) electrons. The van der Waals surface area contributed by atoms with E-state index in [1.165, 1.54) is 0 Å². The zero-order chi connectivity index (χ0) is 16.0. The van der Waals surface area contributed by atoms with Gasteiger partial charge in [-0.25, -0.2) is 0 Å². The summed E-state index contributed by atoms with van der Waals surface area (Å²) in [6.45, 7) is 7.55. The molecule has 1 heterocycles. The van der Waals surface area contributed by atoms with Crippen molar-refractivity contribution in [1.82, 2.24) is 14.7 Å². The molecule has 1 aliphatic heterocycles. The second kappa shape index (κ2) is 8.34. The summed E-state index contributed by atoms with van der Waals surface area (Å²) in [4.78, 5) is 29.7. The van der Waals surface area contributed by atoms with Crippen molar-refractivity contribution < 1.29 is 9.59 Å². The molecule has 2 amide bonds. The van der Waals surface area contributed by atoms with Gasteiger partial charge in [0, 0.05) is 40.3 Å². The van der Waals surface area contributed by atoms with E-state index in [9.17, 15) is 9.59 Å². The maximum atomic E-state index is 12.3. The van der Waals surface area contributed by atoms with Crippen LogP contribution in [-0.4, -0.2) is 79.4 Å². The highest BCUT2D eigenvalue weighted by atomic mass is 16.2. The Labute approximate surface area is 128 Å². The molecule has 6 nitrogen and oxygen atoms in total. The molecule has 6 heteroatoms. The van der Waals surface area contributed by atoms with Gasteiger partial charge in [-0.2, -0.15) is 0 Å². The van der Waals surface area contributed by atoms with Crippen molar-refractivity contribution in [3.63, 3.8) is 0 Å². The molecule has 122 valence electrons. The second-order valence-electron chi connectivity index (χ2n) is 6.48. The molecule has 1 atom stereocenters. The van der Waals surface area contributed by atoms with Crippen LogP contribution in [0.4, 0.5) is 0 Å². The molecule has 1 fully saturated rings. The molecule has 1 saturated heterocycles. The van der Waals surface area contributed by atoms with E-state index < -0.39 is 6.04 Å². The zero-order valence-corrected chi connectivity index (χ0v) is 13.8. The summed E-state index contributed by atoms with van der Waals surface area (Å²) in [6, 6.07) is -0.403. The molecule has 1 rings (SSSR count). The summed E-state index contributed by atoms with van der Waals surface area (Å²) < 4.78 is 0. The average Bonchev–Trinajstić information content (AvgIpc) is 2.62. The van der Waals surface area contributed by atoms with Gasteiger partial charge < -0.3 is 15.5 Å². The van der Waals surface area contributed by atoms with Crippen molar-refractivity contribution in [1.29, 1.82) is 0 Å². The van der Waals surface area contributed by atoms with E-state index in [0.29, 0.717) is 19.0 Å². The van der Waals surface area contributed by atoms with E-state index in [1.807, 2.05) is 4.90 Å². The summed E-state index contributed by atoms with van der Waals surface area (Å²) >= 11 is 0. The zero-order valence-electron chi connectivity index (χ0n) is 13.8. The third-order valence-electron chi connectivity index (χ3n) is 3.80. The number of carbonyl (C=O) groups excluding carboxylic acids is 2. The number of hydrogen-bond acceptors (Lipinski definition) is 4. The lowest BCUT2D eigenvalue weighted by atomic mass is 10.0. The SMILES string of the molecule is CC(C)C[C@H](N)C(=O)N1CCCN(CC(=O)N(C)C)CC1. The summed E-state index contributed by atoms with van der Waals surface area (Å²) in [6.07, 6.45) is 1.61. The van der Waals surface area contributed by atoms with Crippen LogP contribution >= 0.6 is 0 Å². The maximum Gasteiger partial charge on any atom is 0.239 e. The van der Waals surface area contributed by atoms with Gasteiger partial charge in [0.25, 0.3) is 0 Å². The second-order valence-corrected chi connectivity index (χ2v) is 6.48. The number of hydrogen-bond donors (Lipinski definition) is 1. The van der Waals surface area contributed by atoms with Crippen LogP contribution in [0, 0.1) is 5.92 Å². The predicted molar refractivity (Wildman–Crippen MR) is 83.8 cm³/mol. The summed E-state index contributed by atoms with van der Waals surface area (Å²) in [7, 11) is 3.53. The highest BCUT2D eigenvalue weighted by molar-refractivity contribution is 5.81. The molecule has 0 saturated carbocycles. The van der Waals surface area contributed by atoms with Crippen LogP contribution in [0.5, 0.6) is 0 Å². The lowest BCUT2D eigenvalue weighted by Gasteiger charge is -2.25. The summed E-state index contributed by atoms with van der Waals surface area (Å²) in [5.74, 6) is 0.570. The lowest BCUT2D eigenvalue weighted by Crippen LogP contribution is -2.46. The molecular weight excluding hydrogens is 268 g/mol. The van der Waals surface area contributed by atoms with E-state index in [-0.39, 0.29) is 11.8 Å². The number of rotatable bonds is 5. The maximum absolute atomic E-state index is 12.3. The minimum atomic E-state index is -0.403. The van der Waals surface area contributed by atoms with Gasteiger partial charge in [0.2, 0.25) is 11.8 Å². The fraction of sp³-hybridized carbons (Fsp3) is 0.867. The molecule has 0 bridgehead atoms. The van der Waals surface area contributed by atoms with Crippen LogP contribution in [0.3, 0.4) is 0 Å². The number of nitrogens with two attached hydrogens (primary N) is 1. The van der Waals surface area contributed by atoms with Crippen molar-refractivity contribution in [2.75, 3.05) is 46.8 Å². The quantitative estimate of drug-likeness (QED) is 0.774. The molecule has 0 aromatic rings. The Balaban J connectivity index is 2.48. The van der Waals surface area contributed by atoms with Crippen molar-refractivity contribution in [3.8, 4) is 0 Å². The number of carbonyl (C=O) groups is 2. The minimum absolute atomic E-state index is 0.0458. The number of likely N-dealkylation sites (N-methyl/N-ethyl adjacent to an activating group) is 1. The highest BCUT2D eigenvalue weighted by Gasteiger charge is 2.24. The van der Waals surface area contributed by atoms with Crippen LogP contribution in [-0.2, 0) is 9.59 Å². The average molecular weight is 298 g/mol. The molecule has 0 aromatic carbocycles. The van der Waals surface area contributed by atoms with Crippen LogP contribution in [0.25, 0.3) is 0 Å². The standard InChI is InChI=1S/C15H30N4O2/c1-12(2)10-13(16)15(21)19-7-5-6-18(8-9-19)11-14(20)17(3)4/h12-13H,5-11,16H2,1-4H3/t13-/m0/s1. The first-order valence-electron chi connectivity index (χ1n) is 7.78. The van der Waals surface area contributed by atoms with Crippen molar-refractivity contribution >= 4 is 11.8 Å². The van der Waals surface area contributed by atoms with Gasteiger partial charge in [-0.15, -0.1) is 0 Å². The highest BCUT2D eigenvalue weighted by Crippen LogP contribution is 2.09. The lowest BCUT2D eigenvalue weighted by molar-refractivity contribution is -0.132. The van der Waals surface area contributed by atoms with Crippen LogP contribution in [0.1, 0.15) is 26.7 Å². The Morgan fingerprint density at radius 3 is 2.38 bits per heavy atom. The molecular formula is C15H30N4O2. The first kappa shape index (κ1) is 17.9. The van der Waals surface area contributed by atoms with E-state index in [4.69, 9.17) is 5.73 Å². The Kier molecular flexibility index (Phi) is 7.11. The van der Waals surface area contributed by atoms with E-state index >= 15 is 0 Å². The van der Waals surface area contributed by atoms with Gasteiger partial charge in [-0.3, -0.25) is 14.5 Å². The molecule has 21 heavy (non-hydrogen) atoms. The molecule has 1 aliphatic rings. The van der Waals surface area contributed by atoms with Crippen LogP contribution in [0.15, 0.2) is 0 Å². The van der Waals surface area contributed by atoms with E-state index in [1.54, 1.807) is 19.0 Å². The monoisotopic (exact) mass is 298 g/mol. The smallest absolute Gasteiger partial charge is 0.239 e. The number of amides is 2. The fourth-order valence-corrected chi connectivity index (χ4v) is 2.53. The Morgan fingerprint density at radius 2 is 1.81 bits per heavy atom. The minimum Gasteiger partial charge on any atom is -0.348 e. The third kappa shape index (κ3) is 6.01. The molecule has 0 aromatic heterocycles. The van der Waals surface area contributed by atoms with Gasteiger partial charge >= 0.3 is 0 Å². The predicted octanol–water partition coefficient (Wildman–Crippen LogP) is -0.0177. The molecule has 2 N–H and O–H groups in total. The van der Waals surface area contributed by atoms with E-state index in [2.05, 4.69) is 18.7 Å². The van der Waals surface area contributed by atoms with Crippen molar-refractivity contribution in [2.45, 2.75) is 32.7 Å². The molecule has 0 aliphatic carbocycles.